The van der Waals surface area contributed by atoms with E-state index in [-0.39, 0.29) is 0 Å². The molecule has 2 aromatic heterocycles. The van der Waals surface area contributed by atoms with E-state index in [4.69, 9.17) is 12.2 Å². The molecule has 1 aliphatic carbocycles. The van der Waals surface area contributed by atoms with Gasteiger partial charge in [-0.05, 0) is 51.0 Å². The zero-order chi connectivity index (χ0) is 14.0. The van der Waals surface area contributed by atoms with Gasteiger partial charge in [0.2, 0.25) is 0 Å². The van der Waals surface area contributed by atoms with Crippen molar-refractivity contribution in [3.05, 3.63) is 21.5 Å². The largest absolute Gasteiger partial charge is 0.329 e. The molecule has 0 saturated heterocycles. The fourth-order valence-corrected chi connectivity index (χ4v) is 3.76. The predicted molar refractivity (Wildman–Crippen MR) is 83.7 cm³/mol. The molecular formula is C14H18BrN3S. The van der Waals surface area contributed by atoms with Gasteiger partial charge in [-0.25, -0.2) is 4.98 Å². The Labute approximate surface area is 126 Å². The first-order valence-corrected chi connectivity index (χ1v) is 7.69. The molecule has 102 valence electrons. The van der Waals surface area contributed by atoms with Gasteiger partial charge in [-0.1, -0.05) is 27.7 Å². The first-order valence-electron chi connectivity index (χ1n) is 6.49. The van der Waals surface area contributed by atoms with E-state index in [9.17, 15) is 0 Å². The lowest BCUT2D eigenvalue weighted by molar-refractivity contribution is 0.457. The normalized spacial score (nSPS) is 20.9. The molecular weight excluding hydrogens is 322 g/mol. The molecule has 0 aliphatic heterocycles. The van der Waals surface area contributed by atoms with Gasteiger partial charge >= 0.3 is 0 Å². The van der Waals surface area contributed by atoms with Gasteiger partial charge in [0, 0.05) is 17.2 Å². The molecule has 1 aliphatic rings. The highest BCUT2D eigenvalue weighted by molar-refractivity contribution is 9.10. The van der Waals surface area contributed by atoms with Crippen LogP contribution in [0.4, 0.5) is 0 Å². The SMILES string of the molecule is CC1(C)C(Cn2c(=S)[nH]c3cc(Br)cnc32)C1(C)C. The lowest BCUT2D eigenvalue weighted by Crippen LogP contribution is -2.05. The van der Waals surface area contributed by atoms with Crippen molar-refractivity contribution < 1.29 is 0 Å². The maximum Gasteiger partial charge on any atom is 0.179 e. The topological polar surface area (TPSA) is 33.6 Å². The lowest BCUT2D eigenvalue weighted by atomic mass is 10.0. The summed E-state index contributed by atoms with van der Waals surface area (Å²) in [6, 6.07) is 2.03. The Hall–Kier alpha value is -0.680. The van der Waals surface area contributed by atoms with Crippen LogP contribution in [0.3, 0.4) is 0 Å². The highest BCUT2D eigenvalue weighted by atomic mass is 79.9. The summed E-state index contributed by atoms with van der Waals surface area (Å²) in [7, 11) is 0. The van der Waals surface area contributed by atoms with E-state index in [0.29, 0.717) is 16.7 Å². The maximum atomic E-state index is 5.44. The van der Waals surface area contributed by atoms with E-state index in [1.807, 2.05) is 12.3 Å². The average Bonchev–Trinajstić information content (AvgIpc) is 2.57. The first kappa shape index (κ1) is 13.3. The van der Waals surface area contributed by atoms with Crippen LogP contribution in [0.2, 0.25) is 0 Å². The molecule has 5 heteroatoms. The molecule has 3 nitrogen and oxygen atoms in total. The van der Waals surface area contributed by atoms with Crippen molar-refractivity contribution >= 4 is 39.3 Å². The van der Waals surface area contributed by atoms with Gasteiger partial charge in [-0.2, -0.15) is 0 Å². The molecule has 19 heavy (non-hydrogen) atoms. The molecule has 0 unspecified atom stereocenters. The molecule has 0 aromatic carbocycles. The maximum absolute atomic E-state index is 5.44. The molecule has 0 bridgehead atoms. The summed E-state index contributed by atoms with van der Waals surface area (Å²) in [5.74, 6) is 0.635. The number of halogens is 1. The molecule has 2 aromatic rings. The minimum absolute atomic E-state index is 0.362. The van der Waals surface area contributed by atoms with Crippen molar-refractivity contribution in [3.63, 3.8) is 0 Å². The van der Waals surface area contributed by atoms with Crippen LogP contribution in [0.15, 0.2) is 16.7 Å². The minimum atomic E-state index is 0.362. The fraction of sp³-hybridized carbons (Fsp3) is 0.571. The quantitative estimate of drug-likeness (QED) is 0.815. The number of nitrogens with zero attached hydrogens (tertiary/aromatic N) is 2. The number of hydrogen-bond donors (Lipinski definition) is 1. The number of rotatable bonds is 2. The predicted octanol–water partition coefficient (Wildman–Crippen LogP) is 4.54. The van der Waals surface area contributed by atoms with Gasteiger partial charge in [-0.15, -0.1) is 0 Å². The zero-order valence-electron chi connectivity index (χ0n) is 11.6. The first-order chi connectivity index (χ1) is 8.75. The monoisotopic (exact) mass is 339 g/mol. The third-order valence-corrected chi connectivity index (χ3v) is 6.02. The second kappa shape index (κ2) is 3.92. The van der Waals surface area contributed by atoms with Gasteiger partial charge in [0.05, 0.1) is 5.52 Å². The minimum Gasteiger partial charge on any atom is -0.329 e. The number of pyridine rings is 1. The van der Waals surface area contributed by atoms with Crippen LogP contribution in [0.25, 0.3) is 11.2 Å². The standard InChI is InChI=1S/C14H18BrN3S/c1-13(2)10(14(13,3)4)7-18-11-9(17-12(18)19)5-8(15)6-16-11/h5-6,10H,7H2,1-4H3,(H,17,19). The second-order valence-corrected chi connectivity index (χ2v) is 7.86. The summed E-state index contributed by atoms with van der Waals surface area (Å²) in [4.78, 5) is 7.74. The lowest BCUT2D eigenvalue weighted by Gasteiger charge is -2.05. The van der Waals surface area contributed by atoms with Crippen molar-refractivity contribution in [2.75, 3.05) is 0 Å². The molecule has 0 spiro atoms. The van der Waals surface area contributed by atoms with Gasteiger partial charge < -0.3 is 9.55 Å². The third kappa shape index (κ3) is 1.82. The molecule has 1 fully saturated rings. The Bertz CT molecular complexity index is 697. The zero-order valence-corrected chi connectivity index (χ0v) is 14.0. The van der Waals surface area contributed by atoms with Crippen LogP contribution in [-0.4, -0.2) is 14.5 Å². The van der Waals surface area contributed by atoms with Crippen LogP contribution in [-0.2, 0) is 6.54 Å². The molecule has 1 saturated carbocycles. The summed E-state index contributed by atoms with van der Waals surface area (Å²) in [6.45, 7) is 10.3. The molecule has 0 radical (unpaired) electrons. The van der Waals surface area contributed by atoms with Gasteiger partial charge in [0.25, 0.3) is 0 Å². The molecule has 0 amide bonds. The molecule has 1 N–H and O–H groups in total. The summed E-state index contributed by atoms with van der Waals surface area (Å²) in [5.41, 5.74) is 2.67. The number of aromatic amines is 1. The van der Waals surface area contributed by atoms with E-state index < -0.39 is 0 Å². The van der Waals surface area contributed by atoms with Gasteiger partial charge in [0.15, 0.2) is 10.4 Å². The molecule has 0 atom stereocenters. The second-order valence-electron chi connectivity index (χ2n) is 6.56. The van der Waals surface area contributed by atoms with Crippen LogP contribution < -0.4 is 0 Å². The highest BCUT2D eigenvalue weighted by Crippen LogP contribution is 2.68. The van der Waals surface area contributed by atoms with Crippen LogP contribution >= 0.6 is 28.1 Å². The van der Waals surface area contributed by atoms with Crippen molar-refractivity contribution in [3.8, 4) is 0 Å². The summed E-state index contributed by atoms with van der Waals surface area (Å²) < 4.78 is 3.87. The van der Waals surface area contributed by atoms with E-state index in [1.165, 1.54) is 0 Å². The number of aromatic nitrogens is 3. The van der Waals surface area contributed by atoms with Crippen molar-refractivity contribution in [1.29, 1.82) is 0 Å². The van der Waals surface area contributed by atoms with Crippen molar-refractivity contribution in [1.82, 2.24) is 14.5 Å². The number of fused-ring (bicyclic) bond motifs is 1. The van der Waals surface area contributed by atoms with Crippen LogP contribution in [0.5, 0.6) is 0 Å². The Morgan fingerprint density at radius 1 is 1.37 bits per heavy atom. The van der Waals surface area contributed by atoms with Crippen molar-refractivity contribution in [2.24, 2.45) is 16.7 Å². The number of H-pyrrole nitrogens is 1. The third-order valence-electron chi connectivity index (χ3n) is 5.26. The van der Waals surface area contributed by atoms with Gasteiger partial charge in [0.1, 0.15) is 0 Å². The van der Waals surface area contributed by atoms with Crippen LogP contribution in [0.1, 0.15) is 27.7 Å². The average molecular weight is 340 g/mol. The highest BCUT2D eigenvalue weighted by Gasteiger charge is 2.64. The molecule has 3 rings (SSSR count). The van der Waals surface area contributed by atoms with E-state index in [1.54, 1.807) is 0 Å². The van der Waals surface area contributed by atoms with Crippen LogP contribution in [0, 0.1) is 21.5 Å². The Kier molecular flexibility index (Phi) is 2.74. The summed E-state index contributed by atoms with van der Waals surface area (Å²) >= 11 is 8.88. The van der Waals surface area contributed by atoms with E-state index >= 15 is 0 Å². The number of hydrogen-bond acceptors (Lipinski definition) is 2. The van der Waals surface area contributed by atoms with E-state index in [0.717, 1.165) is 27.0 Å². The Balaban J connectivity index is 2.03. The van der Waals surface area contributed by atoms with Gasteiger partial charge in [-0.3, -0.25) is 0 Å². The van der Waals surface area contributed by atoms with Crippen molar-refractivity contribution in [2.45, 2.75) is 34.2 Å². The fourth-order valence-electron chi connectivity index (χ4n) is 3.16. The number of imidazole rings is 1. The summed E-state index contributed by atoms with van der Waals surface area (Å²) in [6.07, 6.45) is 1.82. The Morgan fingerprint density at radius 2 is 2.00 bits per heavy atom. The smallest absolute Gasteiger partial charge is 0.179 e. The molecule has 2 heterocycles. The van der Waals surface area contributed by atoms with E-state index in [2.05, 4.69) is 58.2 Å². The number of nitrogens with one attached hydrogen (secondary N) is 1. The summed E-state index contributed by atoms with van der Waals surface area (Å²) in [5, 5.41) is 0. The Morgan fingerprint density at radius 3 is 2.58 bits per heavy atom.